The van der Waals surface area contributed by atoms with Gasteiger partial charge in [0.15, 0.2) is 0 Å². The lowest BCUT2D eigenvalue weighted by molar-refractivity contribution is 0.484. The smallest absolute Gasteiger partial charge is 0.212 e. The Morgan fingerprint density at radius 3 is 2.45 bits per heavy atom. The van der Waals surface area contributed by atoms with E-state index in [4.69, 9.17) is 0 Å². The summed E-state index contributed by atoms with van der Waals surface area (Å²) < 4.78 is 40.8. The lowest BCUT2D eigenvalue weighted by atomic mass is 10.1. The van der Waals surface area contributed by atoms with E-state index in [-0.39, 0.29) is 17.4 Å². The van der Waals surface area contributed by atoms with Crippen LogP contribution in [-0.4, -0.2) is 14.5 Å². The summed E-state index contributed by atoms with van der Waals surface area (Å²) in [5.41, 5.74) is 0.178. The highest BCUT2D eigenvalue weighted by molar-refractivity contribution is 9.10. The summed E-state index contributed by atoms with van der Waals surface area (Å²) in [6, 6.07) is 4.25. The summed E-state index contributed by atoms with van der Waals surface area (Å²) in [5, 5.41) is 0. The van der Waals surface area contributed by atoms with E-state index in [0.717, 1.165) is 12.8 Å². The van der Waals surface area contributed by atoms with Crippen molar-refractivity contribution in [3.05, 3.63) is 34.1 Å². The molecule has 0 aromatic heterocycles. The molecule has 3 nitrogen and oxygen atoms in total. The molecule has 0 saturated carbocycles. The molecule has 0 saturated heterocycles. The van der Waals surface area contributed by atoms with Gasteiger partial charge in [0.25, 0.3) is 0 Å². The Hall–Kier alpha value is -0.460. The van der Waals surface area contributed by atoms with Crippen molar-refractivity contribution >= 4 is 26.0 Å². The molecule has 0 amide bonds. The second-order valence-electron chi connectivity index (χ2n) is 5.48. The monoisotopic (exact) mass is 365 g/mol. The largest absolute Gasteiger partial charge is 0.216 e. The lowest BCUT2D eigenvalue weighted by Gasteiger charge is -2.15. The van der Waals surface area contributed by atoms with E-state index in [0.29, 0.717) is 10.4 Å². The van der Waals surface area contributed by atoms with Crippen LogP contribution in [0.25, 0.3) is 0 Å². The van der Waals surface area contributed by atoms with Crippen LogP contribution in [0.5, 0.6) is 0 Å². The summed E-state index contributed by atoms with van der Waals surface area (Å²) in [7, 11) is -3.52. The molecule has 0 aliphatic carbocycles. The molecule has 1 unspecified atom stereocenters. The van der Waals surface area contributed by atoms with Crippen molar-refractivity contribution in [2.75, 3.05) is 0 Å². The first-order valence-corrected chi connectivity index (χ1v) is 9.08. The fraction of sp³-hybridized carbons (Fsp3) is 0.571. The van der Waals surface area contributed by atoms with Crippen molar-refractivity contribution in [1.82, 2.24) is 4.72 Å². The van der Waals surface area contributed by atoms with Crippen LogP contribution in [0.3, 0.4) is 0 Å². The summed E-state index contributed by atoms with van der Waals surface area (Å²) in [6.07, 6.45) is 1.73. The van der Waals surface area contributed by atoms with E-state index >= 15 is 0 Å². The molecule has 0 aliphatic rings. The summed E-state index contributed by atoms with van der Waals surface area (Å²) >= 11 is 3.15. The first kappa shape index (κ1) is 17.6. The van der Waals surface area contributed by atoms with Gasteiger partial charge in [-0.25, -0.2) is 17.5 Å². The highest BCUT2D eigenvalue weighted by Gasteiger charge is 2.17. The Kier molecular flexibility index (Phi) is 6.61. The maximum Gasteiger partial charge on any atom is 0.216 e. The summed E-state index contributed by atoms with van der Waals surface area (Å²) in [5.74, 6) is -0.316. The quantitative estimate of drug-likeness (QED) is 0.797. The fourth-order valence-corrected chi connectivity index (χ4v) is 3.62. The minimum absolute atomic E-state index is 0.138. The zero-order chi connectivity index (χ0) is 15.3. The SMILES string of the molecule is CC(C)CCC(C)NS(=O)(=O)Cc1ccc(Br)cc1F. The molecule has 0 aliphatic heterocycles. The van der Waals surface area contributed by atoms with Crippen molar-refractivity contribution in [3.63, 3.8) is 0 Å². The van der Waals surface area contributed by atoms with Gasteiger partial charge in [-0.05, 0) is 37.8 Å². The van der Waals surface area contributed by atoms with E-state index in [2.05, 4.69) is 34.5 Å². The van der Waals surface area contributed by atoms with Gasteiger partial charge in [-0.15, -0.1) is 0 Å². The third-order valence-electron chi connectivity index (χ3n) is 2.92. The van der Waals surface area contributed by atoms with Crippen LogP contribution in [0.4, 0.5) is 4.39 Å². The molecular formula is C14H21BrFNO2S. The third-order valence-corrected chi connectivity index (χ3v) is 4.86. The fourth-order valence-electron chi connectivity index (χ4n) is 1.83. The van der Waals surface area contributed by atoms with E-state index in [1.54, 1.807) is 6.07 Å². The molecule has 1 atom stereocenters. The minimum atomic E-state index is -3.52. The van der Waals surface area contributed by atoms with Crippen LogP contribution < -0.4 is 4.72 Å². The Morgan fingerprint density at radius 2 is 1.90 bits per heavy atom. The lowest BCUT2D eigenvalue weighted by Crippen LogP contribution is -2.33. The van der Waals surface area contributed by atoms with Gasteiger partial charge in [0.05, 0.1) is 5.75 Å². The van der Waals surface area contributed by atoms with Gasteiger partial charge < -0.3 is 0 Å². The molecule has 0 fully saturated rings. The van der Waals surface area contributed by atoms with Gasteiger partial charge in [0.1, 0.15) is 5.82 Å². The van der Waals surface area contributed by atoms with Crippen LogP contribution in [0.1, 0.15) is 39.2 Å². The van der Waals surface area contributed by atoms with Gasteiger partial charge in [0.2, 0.25) is 10.0 Å². The van der Waals surface area contributed by atoms with Crippen molar-refractivity contribution in [2.24, 2.45) is 5.92 Å². The zero-order valence-electron chi connectivity index (χ0n) is 12.0. The molecule has 6 heteroatoms. The Labute approximate surface area is 129 Å². The maximum atomic E-state index is 13.6. The molecule has 1 N–H and O–H groups in total. The van der Waals surface area contributed by atoms with E-state index < -0.39 is 15.8 Å². The molecule has 20 heavy (non-hydrogen) atoms. The second-order valence-corrected chi connectivity index (χ2v) is 8.15. The van der Waals surface area contributed by atoms with Crippen LogP contribution in [0.15, 0.2) is 22.7 Å². The number of nitrogens with one attached hydrogen (secondary N) is 1. The van der Waals surface area contributed by atoms with Crippen molar-refractivity contribution < 1.29 is 12.8 Å². The zero-order valence-corrected chi connectivity index (χ0v) is 14.4. The maximum absolute atomic E-state index is 13.6. The number of benzene rings is 1. The molecular weight excluding hydrogens is 345 g/mol. The standard InChI is InChI=1S/C14H21BrFNO2S/c1-10(2)4-5-11(3)17-20(18,19)9-12-6-7-13(15)8-14(12)16/h6-8,10-11,17H,4-5,9H2,1-3H3. The van der Waals surface area contributed by atoms with Gasteiger partial charge in [0, 0.05) is 16.1 Å². The van der Waals surface area contributed by atoms with Crippen LogP contribution in [0.2, 0.25) is 0 Å². The average molecular weight is 366 g/mol. The van der Waals surface area contributed by atoms with Crippen molar-refractivity contribution in [2.45, 2.75) is 45.4 Å². The van der Waals surface area contributed by atoms with Crippen LogP contribution in [-0.2, 0) is 15.8 Å². The number of rotatable bonds is 7. The number of halogens is 2. The molecule has 1 aromatic carbocycles. The van der Waals surface area contributed by atoms with E-state index in [1.807, 2.05) is 6.92 Å². The Morgan fingerprint density at radius 1 is 1.25 bits per heavy atom. The van der Waals surface area contributed by atoms with Gasteiger partial charge in [-0.3, -0.25) is 0 Å². The highest BCUT2D eigenvalue weighted by atomic mass is 79.9. The third kappa shape index (κ3) is 6.33. The Bertz CT molecular complexity index is 546. The van der Waals surface area contributed by atoms with E-state index in [9.17, 15) is 12.8 Å². The number of hydrogen-bond acceptors (Lipinski definition) is 2. The summed E-state index contributed by atoms with van der Waals surface area (Å²) in [6.45, 7) is 6.02. The first-order valence-electron chi connectivity index (χ1n) is 6.63. The number of hydrogen-bond donors (Lipinski definition) is 1. The molecule has 0 bridgehead atoms. The van der Waals surface area contributed by atoms with Crippen LogP contribution >= 0.6 is 15.9 Å². The average Bonchev–Trinajstić information content (AvgIpc) is 2.29. The van der Waals surface area contributed by atoms with Crippen molar-refractivity contribution in [1.29, 1.82) is 0 Å². The van der Waals surface area contributed by atoms with Crippen molar-refractivity contribution in [3.8, 4) is 0 Å². The Balaban J connectivity index is 2.65. The highest BCUT2D eigenvalue weighted by Crippen LogP contribution is 2.17. The molecule has 0 radical (unpaired) electrons. The molecule has 1 aromatic rings. The minimum Gasteiger partial charge on any atom is -0.212 e. The second kappa shape index (κ2) is 7.52. The molecule has 0 heterocycles. The summed E-state index contributed by atoms with van der Waals surface area (Å²) in [4.78, 5) is 0. The normalized spacial score (nSPS) is 13.7. The topological polar surface area (TPSA) is 46.2 Å². The molecule has 1 rings (SSSR count). The predicted octanol–water partition coefficient (Wildman–Crippen LogP) is 3.83. The van der Waals surface area contributed by atoms with Gasteiger partial charge in [-0.1, -0.05) is 35.8 Å². The van der Waals surface area contributed by atoms with Gasteiger partial charge in [-0.2, -0.15) is 0 Å². The van der Waals surface area contributed by atoms with Crippen LogP contribution in [0, 0.1) is 11.7 Å². The molecule has 0 spiro atoms. The van der Waals surface area contributed by atoms with Gasteiger partial charge >= 0.3 is 0 Å². The number of sulfonamides is 1. The molecule has 114 valence electrons. The predicted molar refractivity (Wildman–Crippen MR) is 83.4 cm³/mol. The van der Waals surface area contributed by atoms with E-state index in [1.165, 1.54) is 12.1 Å². The first-order chi connectivity index (χ1) is 9.19.